The summed E-state index contributed by atoms with van der Waals surface area (Å²) >= 11 is 0. The van der Waals surface area contributed by atoms with Crippen molar-refractivity contribution in [2.75, 3.05) is 19.6 Å². The summed E-state index contributed by atoms with van der Waals surface area (Å²) in [6.45, 7) is 4.25. The lowest BCUT2D eigenvalue weighted by Gasteiger charge is -2.51. The van der Waals surface area contributed by atoms with Gasteiger partial charge in [-0.05, 0) is 62.0 Å². The number of carbonyl (C=O) groups is 1. The Morgan fingerprint density at radius 2 is 1.93 bits per heavy atom. The van der Waals surface area contributed by atoms with E-state index in [0.717, 1.165) is 37.6 Å². The van der Waals surface area contributed by atoms with Crippen molar-refractivity contribution in [3.05, 3.63) is 65.0 Å². The van der Waals surface area contributed by atoms with Crippen molar-refractivity contribution >= 4 is 5.91 Å². The van der Waals surface area contributed by atoms with E-state index in [4.69, 9.17) is 0 Å². The average molecular weight is 383 g/mol. The van der Waals surface area contributed by atoms with Crippen LogP contribution in [0.2, 0.25) is 0 Å². The second kappa shape index (κ2) is 6.62. The number of hydrogen-bond donors (Lipinski definition) is 0. The van der Waals surface area contributed by atoms with Gasteiger partial charge in [-0.3, -0.25) is 14.7 Å². The van der Waals surface area contributed by atoms with E-state index in [1.54, 1.807) is 24.5 Å². The number of benzene rings is 1. The number of nitrogens with zero attached hydrogens (tertiary/aromatic N) is 3. The van der Waals surface area contributed by atoms with E-state index in [-0.39, 0.29) is 23.9 Å². The van der Waals surface area contributed by atoms with Gasteiger partial charge < -0.3 is 4.90 Å². The van der Waals surface area contributed by atoms with Crippen molar-refractivity contribution in [1.29, 1.82) is 0 Å². The number of pyridine rings is 1. The van der Waals surface area contributed by atoms with Crippen LogP contribution in [0.3, 0.4) is 0 Å². The normalized spacial score (nSPS) is 31.1. The monoisotopic (exact) mass is 383 g/mol. The van der Waals surface area contributed by atoms with Gasteiger partial charge in [0.25, 0.3) is 5.91 Å². The summed E-state index contributed by atoms with van der Waals surface area (Å²) in [6.07, 6.45) is 5.40. The lowest BCUT2D eigenvalue weighted by Crippen LogP contribution is -2.60. The van der Waals surface area contributed by atoms with Crippen LogP contribution >= 0.6 is 0 Å². The Labute approximate surface area is 163 Å². The van der Waals surface area contributed by atoms with Crippen LogP contribution in [0.5, 0.6) is 0 Å². The van der Waals surface area contributed by atoms with Gasteiger partial charge in [0.2, 0.25) is 0 Å². The first-order valence-corrected chi connectivity index (χ1v) is 9.96. The highest BCUT2D eigenvalue weighted by atomic mass is 19.2. The predicted octanol–water partition coefficient (Wildman–Crippen LogP) is 3.37. The van der Waals surface area contributed by atoms with Crippen LogP contribution in [0.15, 0.2) is 36.7 Å². The molecule has 3 atom stereocenters. The molecule has 1 aromatic carbocycles. The quantitative estimate of drug-likeness (QED) is 0.798. The first kappa shape index (κ1) is 17.7. The number of amides is 1. The van der Waals surface area contributed by atoms with Gasteiger partial charge in [-0.1, -0.05) is 12.1 Å². The third kappa shape index (κ3) is 2.58. The fraction of sp³-hybridized carbons (Fsp3) is 0.455. The van der Waals surface area contributed by atoms with Gasteiger partial charge in [-0.25, -0.2) is 8.78 Å². The van der Waals surface area contributed by atoms with E-state index in [1.165, 1.54) is 0 Å². The molecule has 4 aliphatic rings. The summed E-state index contributed by atoms with van der Waals surface area (Å²) in [5, 5.41) is 0. The molecule has 4 aliphatic heterocycles. The zero-order valence-corrected chi connectivity index (χ0v) is 15.8. The van der Waals surface area contributed by atoms with Crippen molar-refractivity contribution in [3.63, 3.8) is 0 Å². The van der Waals surface area contributed by atoms with Gasteiger partial charge >= 0.3 is 0 Å². The van der Waals surface area contributed by atoms with Gasteiger partial charge in [0.15, 0.2) is 11.6 Å². The Bertz CT molecular complexity index is 926. The molecule has 4 nitrogen and oxygen atoms in total. The second-order valence-corrected chi connectivity index (χ2v) is 8.25. The fourth-order valence-electron chi connectivity index (χ4n) is 5.58. The minimum absolute atomic E-state index is 0.0438. The standard InChI is InChI=1S/C22H23F2N3O/c1-13-5-8-25-11-16(13)22(28)27-12-17(15-3-2-4-18(23)19(15)24)21-20(27)14-6-9-26(21)10-7-14/h2-5,8,11,14,17,20-21H,6-7,9-10,12H2,1H3/t17-,20+,21+/m0/s1. The number of piperidine rings is 3. The molecule has 4 saturated heterocycles. The molecular weight excluding hydrogens is 360 g/mol. The molecule has 6 rings (SSSR count). The number of hydrogen-bond acceptors (Lipinski definition) is 3. The number of carbonyl (C=O) groups excluding carboxylic acids is 1. The van der Waals surface area contributed by atoms with Gasteiger partial charge in [-0.15, -0.1) is 0 Å². The van der Waals surface area contributed by atoms with Crippen molar-refractivity contribution in [3.8, 4) is 0 Å². The molecule has 0 spiro atoms. The molecule has 146 valence electrons. The van der Waals surface area contributed by atoms with Crippen LogP contribution in [-0.4, -0.2) is 52.4 Å². The molecule has 28 heavy (non-hydrogen) atoms. The molecule has 5 heterocycles. The Morgan fingerprint density at radius 3 is 2.68 bits per heavy atom. The third-order valence-corrected chi connectivity index (χ3v) is 6.91. The fourth-order valence-corrected chi connectivity index (χ4v) is 5.58. The maximum absolute atomic E-state index is 14.7. The maximum Gasteiger partial charge on any atom is 0.256 e. The summed E-state index contributed by atoms with van der Waals surface area (Å²) in [5.74, 6) is -1.45. The molecule has 0 N–H and O–H groups in total. The van der Waals surface area contributed by atoms with Crippen LogP contribution < -0.4 is 0 Å². The molecule has 0 unspecified atom stereocenters. The number of rotatable bonds is 2. The second-order valence-electron chi connectivity index (χ2n) is 8.25. The number of halogens is 2. The highest BCUT2D eigenvalue weighted by molar-refractivity contribution is 5.96. The van der Waals surface area contributed by atoms with Crippen LogP contribution in [-0.2, 0) is 0 Å². The van der Waals surface area contributed by atoms with Crippen LogP contribution in [0.4, 0.5) is 8.78 Å². The first-order valence-electron chi connectivity index (χ1n) is 9.96. The van der Waals surface area contributed by atoms with Gasteiger partial charge in [-0.2, -0.15) is 0 Å². The van der Waals surface area contributed by atoms with E-state index in [0.29, 0.717) is 23.6 Å². The largest absolute Gasteiger partial charge is 0.333 e. The van der Waals surface area contributed by atoms with Gasteiger partial charge in [0, 0.05) is 30.9 Å². The van der Waals surface area contributed by atoms with Crippen LogP contribution in [0.1, 0.15) is 40.2 Å². The number of aryl methyl sites for hydroxylation is 1. The molecule has 4 fully saturated rings. The maximum atomic E-state index is 14.7. The van der Waals surface area contributed by atoms with Crippen molar-refractivity contribution in [2.45, 2.75) is 37.8 Å². The van der Waals surface area contributed by atoms with Crippen molar-refractivity contribution in [1.82, 2.24) is 14.8 Å². The summed E-state index contributed by atoms with van der Waals surface area (Å²) < 4.78 is 28.6. The van der Waals surface area contributed by atoms with E-state index >= 15 is 0 Å². The highest BCUT2D eigenvalue weighted by Crippen LogP contribution is 2.47. The SMILES string of the molecule is Cc1ccncc1C(=O)N1C[C@@H](c2cccc(F)c2F)[C@@H]2[C@H]1C1CCN2CC1. The lowest BCUT2D eigenvalue weighted by molar-refractivity contribution is -0.00362. The lowest BCUT2D eigenvalue weighted by atomic mass is 9.75. The Kier molecular flexibility index (Phi) is 4.19. The van der Waals surface area contributed by atoms with Crippen LogP contribution in [0.25, 0.3) is 0 Å². The van der Waals surface area contributed by atoms with E-state index in [1.807, 2.05) is 17.9 Å². The highest BCUT2D eigenvalue weighted by Gasteiger charge is 2.55. The molecule has 2 aromatic rings. The molecule has 1 amide bonds. The molecular formula is C22H23F2N3O. The minimum Gasteiger partial charge on any atom is -0.333 e. The van der Waals surface area contributed by atoms with Crippen molar-refractivity contribution < 1.29 is 13.6 Å². The zero-order valence-electron chi connectivity index (χ0n) is 15.8. The molecule has 2 bridgehead atoms. The molecule has 0 radical (unpaired) electrons. The molecule has 0 saturated carbocycles. The predicted molar refractivity (Wildman–Crippen MR) is 101 cm³/mol. The minimum atomic E-state index is -0.821. The number of fused-ring (bicyclic) bond motifs is 2. The first-order chi connectivity index (χ1) is 13.6. The van der Waals surface area contributed by atoms with E-state index < -0.39 is 11.6 Å². The number of likely N-dealkylation sites (tertiary alicyclic amines) is 1. The Hall–Kier alpha value is -2.34. The topological polar surface area (TPSA) is 36.4 Å². The van der Waals surface area contributed by atoms with E-state index in [2.05, 4.69) is 9.88 Å². The average Bonchev–Trinajstić information content (AvgIpc) is 3.13. The molecule has 0 aliphatic carbocycles. The Morgan fingerprint density at radius 1 is 1.14 bits per heavy atom. The molecule has 6 heteroatoms. The van der Waals surface area contributed by atoms with E-state index in [9.17, 15) is 13.6 Å². The van der Waals surface area contributed by atoms with Gasteiger partial charge in [0.05, 0.1) is 11.6 Å². The summed E-state index contributed by atoms with van der Waals surface area (Å²) in [6, 6.07) is 6.32. The smallest absolute Gasteiger partial charge is 0.256 e. The summed E-state index contributed by atoms with van der Waals surface area (Å²) in [4.78, 5) is 21.8. The molecule has 1 aromatic heterocycles. The number of aromatic nitrogens is 1. The van der Waals surface area contributed by atoms with Gasteiger partial charge in [0.1, 0.15) is 0 Å². The summed E-state index contributed by atoms with van der Waals surface area (Å²) in [7, 11) is 0. The zero-order chi connectivity index (χ0) is 19.4. The third-order valence-electron chi connectivity index (χ3n) is 6.91. The van der Waals surface area contributed by atoms with Crippen LogP contribution in [0, 0.1) is 24.5 Å². The summed E-state index contributed by atoms with van der Waals surface area (Å²) in [5.41, 5.74) is 1.87. The van der Waals surface area contributed by atoms with Crippen molar-refractivity contribution in [2.24, 2.45) is 5.92 Å². The Balaban J connectivity index is 1.57.